The average molecular weight is 283 g/mol. The highest BCUT2D eigenvalue weighted by Crippen LogP contribution is 2.25. The van der Waals surface area contributed by atoms with Crippen molar-refractivity contribution in [1.29, 1.82) is 0 Å². The van der Waals surface area contributed by atoms with E-state index in [0.717, 1.165) is 30.1 Å². The molecule has 0 aliphatic carbocycles. The van der Waals surface area contributed by atoms with Gasteiger partial charge in [0.15, 0.2) is 0 Å². The molecule has 0 saturated heterocycles. The van der Waals surface area contributed by atoms with Gasteiger partial charge >= 0.3 is 0 Å². The van der Waals surface area contributed by atoms with Crippen molar-refractivity contribution in [2.45, 2.75) is 46.6 Å². The maximum absolute atomic E-state index is 6.36. The van der Waals surface area contributed by atoms with E-state index in [-0.39, 0.29) is 6.04 Å². The number of nitrogens with two attached hydrogens (primary N) is 1. The molecule has 0 spiro atoms. The highest BCUT2D eigenvalue weighted by molar-refractivity contribution is 6.31. The van der Waals surface area contributed by atoms with Crippen LogP contribution in [0.3, 0.4) is 0 Å². The van der Waals surface area contributed by atoms with E-state index in [1.165, 1.54) is 12.1 Å². The zero-order valence-corrected chi connectivity index (χ0v) is 13.4. The van der Waals surface area contributed by atoms with E-state index in [1.807, 2.05) is 6.92 Å². The van der Waals surface area contributed by atoms with Crippen molar-refractivity contribution in [3.8, 4) is 0 Å². The summed E-state index contributed by atoms with van der Waals surface area (Å²) >= 11 is 6.36. The molecule has 1 rings (SSSR count). The van der Waals surface area contributed by atoms with E-state index in [0.29, 0.717) is 5.92 Å². The van der Waals surface area contributed by atoms with E-state index in [2.05, 4.69) is 43.9 Å². The van der Waals surface area contributed by atoms with Crippen LogP contribution in [0, 0.1) is 5.92 Å². The van der Waals surface area contributed by atoms with Crippen LogP contribution >= 0.6 is 11.6 Å². The van der Waals surface area contributed by atoms with Crippen molar-refractivity contribution in [1.82, 2.24) is 0 Å². The highest BCUT2D eigenvalue weighted by Gasteiger charge is 2.11. The number of hydrogen-bond donors (Lipinski definition) is 1. The Balaban J connectivity index is 2.85. The van der Waals surface area contributed by atoms with Crippen LogP contribution in [0.4, 0.5) is 5.69 Å². The van der Waals surface area contributed by atoms with Gasteiger partial charge in [-0.3, -0.25) is 0 Å². The predicted molar refractivity (Wildman–Crippen MR) is 86.1 cm³/mol. The van der Waals surface area contributed by atoms with Gasteiger partial charge in [-0.05, 0) is 43.9 Å². The van der Waals surface area contributed by atoms with Crippen molar-refractivity contribution in [3.05, 3.63) is 28.8 Å². The maximum Gasteiger partial charge on any atom is 0.0459 e. The molecule has 0 radical (unpaired) electrons. The minimum Gasteiger partial charge on any atom is -0.372 e. The Hall–Kier alpha value is -0.730. The van der Waals surface area contributed by atoms with E-state index in [9.17, 15) is 0 Å². The third-order valence-corrected chi connectivity index (χ3v) is 3.91. The molecular formula is C16H27ClN2. The first-order valence-corrected chi connectivity index (χ1v) is 7.64. The van der Waals surface area contributed by atoms with Gasteiger partial charge in [-0.2, -0.15) is 0 Å². The van der Waals surface area contributed by atoms with Crippen LogP contribution in [0.2, 0.25) is 5.02 Å². The van der Waals surface area contributed by atoms with Gasteiger partial charge in [0.1, 0.15) is 0 Å². The molecule has 2 nitrogen and oxygen atoms in total. The standard InChI is InChI=1S/C16H27ClN2/c1-5-12(3)11-19(6-2)15-8-7-14(9-13(4)18)16(17)10-15/h7-8,10,12-13H,5-6,9,11,18H2,1-4H3. The summed E-state index contributed by atoms with van der Waals surface area (Å²) in [6.07, 6.45) is 2.03. The normalized spacial score (nSPS) is 14.2. The first-order chi connectivity index (χ1) is 8.97. The second-order valence-corrected chi connectivity index (χ2v) is 5.92. The van der Waals surface area contributed by atoms with Crippen LogP contribution in [-0.4, -0.2) is 19.1 Å². The van der Waals surface area contributed by atoms with Gasteiger partial charge in [-0.15, -0.1) is 0 Å². The third kappa shape index (κ3) is 5.04. The summed E-state index contributed by atoms with van der Waals surface area (Å²) in [4.78, 5) is 2.38. The van der Waals surface area contributed by atoms with Gasteiger partial charge in [0.25, 0.3) is 0 Å². The van der Waals surface area contributed by atoms with Gasteiger partial charge in [0.05, 0.1) is 0 Å². The second kappa shape index (κ2) is 7.76. The van der Waals surface area contributed by atoms with Crippen molar-refractivity contribution in [2.24, 2.45) is 11.7 Å². The lowest BCUT2D eigenvalue weighted by Crippen LogP contribution is -2.28. The van der Waals surface area contributed by atoms with Gasteiger partial charge in [-0.1, -0.05) is 37.9 Å². The zero-order chi connectivity index (χ0) is 14.4. The Bertz CT molecular complexity index is 390. The molecule has 3 heteroatoms. The lowest BCUT2D eigenvalue weighted by molar-refractivity contribution is 0.548. The molecule has 0 fully saturated rings. The fraction of sp³-hybridized carbons (Fsp3) is 0.625. The van der Waals surface area contributed by atoms with E-state index < -0.39 is 0 Å². The molecule has 0 bridgehead atoms. The Morgan fingerprint density at radius 2 is 1.95 bits per heavy atom. The molecule has 2 atom stereocenters. The van der Waals surface area contributed by atoms with E-state index >= 15 is 0 Å². The fourth-order valence-corrected chi connectivity index (χ4v) is 2.42. The lowest BCUT2D eigenvalue weighted by atomic mass is 10.1. The Labute approximate surface area is 122 Å². The molecule has 1 aromatic carbocycles. The van der Waals surface area contributed by atoms with E-state index in [4.69, 9.17) is 17.3 Å². The minimum atomic E-state index is 0.144. The smallest absolute Gasteiger partial charge is 0.0459 e. The number of nitrogens with zero attached hydrogens (tertiary/aromatic N) is 1. The molecule has 0 aliphatic rings. The summed E-state index contributed by atoms with van der Waals surface area (Å²) in [7, 11) is 0. The Morgan fingerprint density at radius 3 is 2.42 bits per heavy atom. The Morgan fingerprint density at radius 1 is 1.26 bits per heavy atom. The largest absolute Gasteiger partial charge is 0.372 e. The quantitative estimate of drug-likeness (QED) is 0.816. The molecular weight excluding hydrogens is 256 g/mol. The van der Waals surface area contributed by atoms with Crippen LogP contribution < -0.4 is 10.6 Å². The summed E-state index contributed by atoms with van der Waals surface area (Å²) < 4.78 is 0. The summed E-state index contributed by atoms with van der Waals surface area (Å²) in [6.45, 7) is 10.8. The maximum atomic E-state index is 6.36. The van der Waals surface area contributed by atoms with Crippen LogP contribution in [0.25, 0.3) is 0 Å². The molecule has 19 heavy (non-hydrogen) atoms. The topological polar surface area (TPSA) is 29.3 Å². The monoisotopic (exact) mass is 282 g/mol. The van der Waals surface area contributed by atoms with Gasteiger partial charge < -0.3 is 10.6 Å². The zero-order valence-electron chi connectivity index (χ0n) is 12.6. The van der Waals surface area contributed by atoms with Crippen LogP contribution in [0.15, 0.2) is 18.2 Å². The lowest BCUT2D eigenvalue weighted by Gasteiger charge is -2.26. The third-order valence-electron chi connectivity index (χ3n) is 3.55. The molecule has 0 aliphatic heterocycles. The summed E-state index contributed by atoms with van der Waals surface area (Å²) in [6, 6.07) is 6.49. The molecule has 108 valence electrons. The van der Waals surface area contributed by atoms with Gasteiger partial charge in [-0.25, -0.2) is 0 Å². The molecule has 0 saturated carbocycles. The summed E-state index contributed by atoms with van der Waals surface area (Å²) in [5, 5.41) is 0.831. The van der Waals surface area contributed by atoms with Crippen molar-refractivity contribution in [2.75, 3.05) is 18.0 Å². The van der Waals surface area contributed by atoms with Gasteiger partial charge in [0.2, 0.25) is 0 Å². The molecule has 1 aromatic rings. The number of hydrogen-bond acceptors (Lipinski definition) is 2. The number of benzene rings is 1. The second-order valence-electron chi connectivity index (χ2n) is 5.51. The first-order valence-electron chi connectivity index (χ1n) is 7.26. The highest BCUT2D eigenvalue weighted by atomic mass is 35.5. The summed E-state index contributed by atoms with van der Waals surface area (Å²) in [5.41, 5.74) is 8.18. The van der Waals surface area contributed by atoms with Crippen LogP contribution in [0.1, 0.15) is 39.7 Å². The van der Waals surface area contributed by atoms with Crippen molar-refractivity contribution in [3.63, 3.8) is 0 Å². The molecule has 0 heterocycles. The van der Waals surface area contributed by atoms with Crippen molar-refractivity contribution >= 4 is 17.3 Å². The minimum absolute atomic E-state index is 0.144. The average Bonchev–Trinajstić information content (AvgIpc) is 2.37. The fourth-order valence-electron chi connectivity index (χ4n) is 2.17. The van der Waals surface area contributed by atoms with E-state index in [1.54, 1.807) is 0 Å². The Kier molecular flexibility index (Phi) is 6.67. The van der Waals surface area contributed by atoms with Gasteiger partial charge in [0, 0.05) is 29.8 Å². The molecule has 2 unspecified atom stereocenters. The van der Waals surface area contributed by atoms with Crippen molar-refractivity contribution < 1.29 is 0 Å². The molecule has 0 aromatic heterocycles. The van der Waals surface area contributed by atoms with Crippen LogP contribution in [0.5, 0.6) is 0 Å². The number of halogens is 1. The summed E-state index contributed by atoms with van der Waals surface area (Å²) in [5.74, 6) is 0.697. The molecule has 0 amide bonds. The number of rotatable bonds is 7. The molecule has 2 N–H and O–H groups in total. The SMILES string of the molecule is CCC(C)CN(CC)c1ccc(CC(C)N)c(Cl)c1. The first kappa shape index (κ1) is 16.3. The van der Waals surface area contributed by atoms with Crippen LogP contribution in [-0.2, 0) is 6.42 Å². The predicted octanol–water partition coefficient (Wildman–Crippen LogP) is 4.10. The number of anilines is 1.